The number of rotatable bonds is 4. The van der Waals surface area contributed by atoms with Crippen LogP contribution in [0.2, 0.25) is 0 Å². The predicted octanol–water partition coefficient (Wildman–Crippen LogP) is 2.27. The highest BCUT2D eigenvalue weighted by Gasteiger charge is 2.61. The van der Waals surface area contributed by atoms with Crippen molar-refractivity contribution >= 4 is 11.9 Å². The van der Waals surface area contributed by atoms with E-state index in [2.05, 4.69) is 26.1 Å². The molecule has 0 aliphatic heterocycles. The summed E-state index contributed by atoms with van der Waals surface area (Å²) in [5.41, 5.74) is 0.427. The molecule has 0 aromatic carbocycles. The Labute approximate surface area is 115 Å². The van der Waals surface area contributed by atoms with E-state index in [0.29, 0.717) is 12.5 Å². The van der Waals surface area contributed by atoms with Crippen molar-refractivity contribution in [1.82, 2.24) is 5.32 Å². The van der Waals surface area contributed by atoms with Gasteiger partial charge in [-0.15, -0.1) is 0 Å². The summed E-state index contributed by atoms with van der Waals surface area (Å²) in [6.45, 7) is 8.96. The zero-order chi connectivity index (χ0) is 14.3. The van der Waals surface area contributed by atoms with E-state index in [1.807, 2.05) is 0 Å². The molecule has 4 heteroatoms. The van der Waals surface area contributed by atoms with E-state index in [-0.39, 0.29) is 29.2 Å². The summed E-state index contributed by atoms with van der Waals surface area (Å²) in [7, 11) is 0. The van der Waals surface area contributed by atoms with E-state index in [0.717, 1.165) is 12.8 Å². The topological polar surface area (TPSA) is 55.4 Å². The molecule has 1 amide bonds. The molecule has 2 rings (SSSR count). The molecule has 2 aliphatic carbocycles. The monoisotopic (exact) mass is 267 g/mol. The summed E-state index contributed by atoms with van der Waals surface area (Å²) in [6.07, 6.45) is 3.30. The van der Waals surface area contributed by atoms with Gasteiger partial charge < -0.3 is 10.1 Å². The fourth-order valence-corrected chi connectivity index (χ4v) is 4.01. The highest BCUT2D eigenvalue weighted by atomic mass is 16.5. The van der Waals surface area contributed by atoms with Gasteiger partial charge in [-0.3, -0.25) is 9.59 Å². The van der Waals surface area contributed by atoms with Crippen molar-refractivity contribution in [3.05, 3.63) is 0 Å². The standard InChI is InChI=1S/C15H25NO3/c1-5-19-13(18)9-12(17)16-11-8-10-6-7-15(11,4)14(10,2)3/h10-11H,5-9H2,1-4H3,(H,16,17)/t10-,11-,15+/m0/s1. The Hall–Kier alpha value is -1.06. The van der Waals surface area contributed by atoms with E-state index in [1.54, 1.807) is 6.92 Å². The molecule has 0 saturated heterocycles. The minimum absolute atomic E-state index is 0.155. The fraction of sp³-hybridized carbons (Fsp3) is 0.867. The molecule has 4 nitrogen and oxygen atoms in total. The van der Waals surface area contributed by atoms with Crippen molar-refractivity contribution in [3.8, 4) is 0 Å². The number of nitrogens with one attached hydrogen (secondary N) is 1. The molecule has 0 radical (unpaired) electrons. The number of hydrogen-bond donors (Lipinski definition) is 1. The van der Waals surface area contributed by atoms with E-state index in [1.165, 1.54) is 6.42 Å². The molecular formula is C15H25NO3. The van der Waals surface area contributed by atoms with Crippen LogP contribution in [0.3, 0.4) is 0 Å². The number of hydrogen-bond acceptors (Lipinski definition) is 3. The fourth-order valence-electron chi connectivity index (χ4n) is 4.01. The van der Waals surface area contributed by atoms with Crippen LogP contribution in [0.5, 0.6) is 0 Å². The van der Waals surface area contributed by atoms with Crippen LogP contribution in [0.1, 0.15) is 53.4 Å². The zero-order valence-electron chi connectivity index (χ0n) is 12.4. The third kappa shape index (κ3) is 2.26. The zero-order valence-corrected chi connectivity index (χ0v) is 12.4. The molecule has 0 spiro atoms. The first-order valence-corrected chi connectivity index (χ1v) is 7.26. The first-order valence-electron chi connectivity index (χ1n) is 7.26. The van der Waals surface area contributed by atoms with Crippen molar-refractivity contribution in [2.45, 2.75) is 59.4 Å². The molecule has 19 heavy (non-hydrogen) atoms. The second-order valence-electron chi connectivity index (χ2n) is 6.71. The van der Waals surface area contributed by atoms with Gasteiger partial charge in [0.15, 0.2) is 0 Å². The second kappa shape index (κ2) is 4.80. The van der Waals surface area contributed by atoms with Gasteiger partial charge in [-0.25, -0.2) is 0 Å². The van der Waals surface area contributed by atoms with Crippen molar-refractivity contribution in [3.63, 3.8) is 0 Å². The van der Waals surface area contributed by atoms with Crippen LogP contribution in [-0.4, -0.2) is 24.5 Å². The molecule has 0 heterocycles. The van der Waals surface area contributed by atoms with Crippen LogP contribution in [0.4, 0.5) is 0 Å². The maximum Gasteiger partial charge on any atom is 0.315 e. The quantitative estimate of drug-likeness (QED) is 0.628. The van der Waals surface area contributed by atoms with Gasteiger partial charge >= 0.3 is 5.97 Å². The molecule has 3 atom stereocenters. The Morgan fingerprint density at radius 3 is 2.47 bits per heavy atom. The van der Waals surface area contributed by atoms with E-state index < -0.39 is 5.97 Å². The summed E-state index contributed by atoms with van der Waals surface area (Å²) in [4.78, 5) is 23.2. The maximum absolute atomic E-state index is 11.9. The first kappa shape index (κ1) is 14.4. The Bertz CT molecular complexity index is 391. The number of carbonyl (C=O) groups excluding carboxylic acids is 2. The number of esters is 1. The van der Waals surface area contributed by atoms with Gasteiger partial charge in [0.05, 0.1) is 6.61 Å². The number of fused-ring (bicyclic) bond motifs is 2. The summed E-state index contributed by atoms with van der Waals surface area (Å²) in [6, 6.07) is 0.197. The lowest BCUT2D eigenvalue weighted by Gasteiger charge is -2.39. The van der Waals surface area contributed by atoms with Gasteiger partial charge in [0.1, 0.15) is 6.42 Å². The summed E-state index contributed by atoms with van der Waals surface area (Å²) in [5.74, 6) is 0.0472. The van der Waals surface area contributed by atoms with Gasteiger partial charge in [0.25, 0.3) is 0 Å². The molecular weight excluding hydrogens is 242 g/mol. The van der Waals surface area contributed by atoms with Crippen LogP contribution < -0.4 is 5.32 Å². The predicted molar refractivity (Wildman–Crippen MR) is 72.4 cm³/mol. The minimum Gasteiger partial charge on any atom is -0.466 e. The Morgan fingerprint density at radius 2 is 2.00 bits per heavy atom. The van der Waals surface area contributed by atoms with Crippen molar-refractivity contribution in [2.75, 3.05) is 6.61 Å². The van der Waals surface area contributed by atoms with E-state index in [9.17, 15) is 9.59 Å². The van der Waals surface area contributed by atoms with Crippen LogP contribution >= 0.6 is 0 Å². The largest absolute Gasteiger partial charge is 0.466 e. The molecule has 0 aromatic rings. The molecule has 108 valence electrons. The first-order chi connectivity index (χ1) is 8.81. The normalized spacial score (nSPS) is 35.2. The van der Waals surface area contributed by atoms with Gasteiger partial charge in [0, 0.05) is 6.04 Å². The van der Waals surface area contributed by atoms with Crippen LogP contribution in [0.25, 0.3) is 0 Å². The highest BCUT2D eigenvalue weighted by molar-refractivity contribution is 5.94. The van der Waals surface area contributed by atoms with Crippen molar-refractivity contribution in [1.29, 1.82) is 0 Å². The molecule has 2 bridgehead atoms. The minimum atomic E-state index is -0.437. The van der Waals surface area contributed by atoms with Crippen LogP contribution in [0, 0.1) is 16.7 Å². The second-order valence-corrected chi connectivity index (χ2v) is 6.71. The van der Waals surface area contributed by atoms with E-state index >= 15 is 0 Å². The average molecular weight is 267 g/mol. The maximum atomic E-state index is 11.9. The SMILES string of the molecule is CCOC(=O)CC(=O)N[C@H]1C[C@@H]2CC[C@@]1(C)C2(C)C. The molecule has 1 N–H and O–H groups in total. The summed E-state index contributed by atoms with van der Waals surface area (Å²) in [5, 5.41) is 3.06. The molecule has 0 aromatic heterocycles. The molecule has 0 unspecified atom stereocenters. The van der Waals surface area contributed by atoms with Crippen LogP contribution in [-0.2, 0) is 14.3 Å². The van der Waals surface area contributed by atoms with Gasteiger partial charge in [-0.1, -0.05) is 20.8 Å². The Morgan fingerprint density at radius 1 is 1.32 bits per heavy atom. The van der Waals surface area contributed by atoms with Crippen LogP contribution in [0.15, 0.2) is 0 Å². The van der Waals surface area contributed by atoms with Gasteiger partial charge in [0.2, 0.25) is 5.91 Å². The number of amides is 1. The van der Waals surface area contributed by atoms with Crippen molar-refractivity contribution < 1.29 is 14.3 Å². The number of ether oxygens (including phenoxy) is 1. The third-order valence-electron chi connectivity index (χ3n) is 5.74. The van der Waals surface area contributed by atoms with Gasteiger partial charge in [-0.05, 0) is 42.9 Å². The molecule has 2 saturated carbocycles. The van der Waals surface area contributed by atoms with Gasteiger partial charge in [-0.2, -0.15) is 0 Å². The summed E-state index contributed by atoms with van der Waals surface area (Å²) < 4.78 is 4.81. The Kier molecular flexibility index (Phi) is 3.63. The molecule has 2 aliphatic rings. The lowest BCUT2D eigenvalue weighted by molar-refractivity contribution is -0.146. The number of carbonyl (C=O) groups is 2. The third-order valence-corrected chi connectivity index (χ3v) is 5.74. The van der Waals surface area contributed by atoms with E-state index in [4.69, 9.17) is 4.74 Å². The highest BCUT2D eigenvalue weighted by Crippen LogP contribution is 2.65. The lowest BCUT2D eigenvalue weighted by Crippen LogP contribution is -2.47. The van der Waals surface area contributed by atoms with Crippen molar-refractivity contribution in [2.24, 2.45) is 16.7 Å². The average Bonchev–Trinajstić information content (AvgIpc) is 2.62. The lowest BCUT2D eigenvalue weighted by atomic mass is 9.69. The Balaban J connectivity index is 1.95. The summed E-state index contributed by atoms with van der Waals surface area (Å²) >= 11 is 0. The smallest absolute Gasteiger partial charge is 0.315 e. The molecule has 2 fully saturated rings.